The van der Waals surface area contributed by atoms with E-state index in [1.807, 2.05) is 39.0 Å². The van der Waals surface area contributed by atoms with E-state index in [0.717, 1.165) is 11.1 Å². The van der Waals surface area contributed by atoms with E-state index in [2.05, 4.69) is 5.32 Å². The minimum Gasteiger partial charge on any atom is -0.480 e. The van der Waals surface area contributed by atoms with Crippen LogP contribution in [0.4, 0.5) is 11.4 Å². The van der Waals surface area contributed by atoms with E-state index >= 15 is 0 Å². The highest BCUT2D eigenvalue weighted by Crippen LogP contribution is 2.22. The molecular weight excluding hydrogens is 308 g/mol. The summed E-state index contributed by atoms with van der Waals surface area (Å²) in [5, 5.41) is 13.5. The number of rotatable bonds is 6. The van der Waals surface area contributed by atoms with Gasteiger partial charge in [-0.1, -0.05) is 30.7 Å². The van der Waals surface area contributed by atoms with Crippen molar-refractivity contribution in [3.63, 3.8) is 0 Å². The zero-order valence-corrected chi connectivity index (χ0v) is 13.9. The second-order valence-electron chi connectivity index (χ2n) is 5.58. The van der Waals surface area contributed by atoms with Crippen molar-refractivity contribution in [3.8, 4) is 5.75 Å². The highest BCUT2D eigenvalue weighted by Gasteiger charge is 2.20. The van der Waals surface area contributed by atoms with Gasteiger partial charge in [-0.2, -0.15) is 0 Å². The third-order valence-corrected chi connectivity index (χ3v) is 3.59. The minimum atomic E-state index is -0.675. The van der Waals surface area contributed by atoms with Crippen molar-refractivity contribution in [1.29, 1.82) is 0 Å². The van der Waals surface area contributed by atoms with Crippen LogP contribution in [0.5, 0.6) is 5.75 Å². The summed E-state index contributed by atoms with van der Waals surface area (Å²) >= 11 is 0. The van der Waals surface area contributed by atoms with Crippen molar-refractivity contribution in [1.82, 2.24) is 0 Å². The van der Waals surface area contributed by atoms with E-state index in [4.69, 9.17) is 4.74 Å². The van der Waals surface area contributed by atoms with Crippen LogP contribution in [0.25, 0.3) is 0 Å². The van der Waals surface area contributed by atoms with E-state index in [1.54, 1.807) is 6.07 Å². The molecule has 0 aromatic heterocycles. The average Bonchev–Trinajstić information content (AvgIpc) is 2.54. The number of aryl methyl sites for hydroxylation is 2. The first-order valence-electron chi connectivity index (χ1n) is 7.70. The fourth-order valence-corrected chi connectivity index (χ4v) is 2.33. The normalized spacial score (nSPS) is 11.6. The van der Waals surface area contributed by atoms with Gasteiger partial charge >= 0.3 is 0 Å². The monoisotopic (exact) mass is 328 g/mol. The van der Waals surface area contributed by atoms with E-state index in [0.29, 0.717) is 17.9 Å². The van der Waals surface area contributed by atoms with Gasteiger partial charge < -0.3 is 10.1 Å². The molecule has 0 heterocycles. The Balaban J connectivity index is 2.11. The topological polar surface area (TPSA) is 81.5 Å². The molecule has 0 saturated carbocycles. The molecule has 0 aliphatic carbocycles. The molecule has 0 aliphatic rings. The summed E-state index contributed by atoms with van der Waals surface area (Å²) in [6, 6.07) is 11.6. The molecule has 1 amide bonds. The number of ether oxygens (including phenoxy) is 1. The zero-order chi connectivity index (χ0) is 17.7. The van der Waals surface area contributed by atoms with Crippen molar-refractivity contribution in [2.24, 2.45) is 0 Å². The molecule has 0 bridgehead atoms. The Kier molecular flexibility index (Phi) is 5.52. The number of benzene rings is 2. The van der Waals surface area contributed by atoms with Crippen LogP contribution in [0.15, 0.2) is 42.5 Å². The molecule has 0 aliphatic heterocycles. The number of nitro benzene ring substituents is 1. The maximum absolute atomic E-state index is 12.4. The molecule has 1 N–H and O–H groups in total. The number of non-ortho nitro benzene ring substituents is 1. The largest absolute Gasteiger partial charge is 0.480 e. The van der Waals surface area contributed by atoms with E-state index < -0.39 is 11.0 Å². The van der Waals surface area contributed by atoms with E-state index in [-0.39, 0.29) is 11.6 Å². The van der Waals surface area contributed by atoms with Gasteiger partial charge in [0, 0.05) is 17.8 Å². The Bertz CT molecular complexity index is 758. The van der Waals surface area contributed by atoms with Crippen LogP contribution >= 0.6 is 0 Å². The standard InChI is InChI=1S/C18H20N2O4/c1-4-16(24-17-9-8-12(2)10-13(17)3)18(21)19-14-6-5-7-15(11-14)20(22)23/h5-11,16H,4H2,1-3H3,(H,19,21). The molecule has 0 spiro atoms. The van der Waals surface area contributed by atoms with Gasteiger partial charge in [-0.25, -0.2) is 0 Å². The highest BCUT2D eigenvalue weighted by molar-refractivity contribution is 5.94. The Labute approximate surface area is 140 Å². The molecule has 0 saturated heterocycles. The van der Waals surface area contributed by atoms with Crippen LogP contribution in [-0.2, 0) is 4.79 Å². The number of nitro groups is 1. The van der Waals surface area contributed by atoms with Gasteiger partial charge in [0.15, 0.2) is 6.10 Å². The fraction of sp³-hybridized carbons (Fsp3) is 0.278. The van der Waals surface area contributed by atoms with Crippen molar-refractivity contribution < 1.29 is 14.5 Å². The van der Waals surface area contributed by atoms with Crippen LogP contribution in [0.2, 0.25) is 0 Å². The number of hydrogen-bond donors (Lipinski definition) is 1. The summed E-state index contributed by atoms with van der Waals surface area (Å²) in [7, 11) is 0. The van der Waals surface area contributed by atoms with Crippen LogP contribution < -0.4 is 10.1 Å². The van der Waals surface area contributed by atoms with Crippen molar-refractivity contribution >= 4 is 17.3 Å². The van der Waals surface area contributed by atoms with Gasteiger partial charge in [0.1, 0.15) is 5.75 Å². The van der Waals surface area contributed by atoms with Gasteiger partial charge in [0.2, 0.25) is 0 Å². The molecule has 2 aromatic rings. The molecule has 2 aromatic carbocycles. The third kappa shape index (κ3) is 4.32. The third-order valence-electron chi connectivity index (χ3n) is 3.59. The lowest BCUT2D eigenvalue weighted by Crippen LogP contribution is -2.32. The number of carbonyl (C=O) groups excluding carboxylic acids is 1. The molecule has 2 rings (SSSR count). The number of anilines is 1. The Morgan fingerprint density at radius 3 is 2.62 bits per heavy atom. The minimum absolute atomic E-state index is 0.0730. The van der Waals surface area contributed by atoms with Gasteiger partial charge in [-0.3, -0.25) is 14.9 Å². The first-order valence-corrected chi connectivity index (χ1v) is 7.70. The highest BCUT2D eigenvalue weighted by atomic mass is 16.6. The van der Waals surface area contributed by atoms with Crippen molar-refractivity contribution in [3.05, 3.63) is 63.7 Å². The second kappa shape index (κ2) is 7.59. The summed E-state index contributed by atoms with van der Waals surface area (Å²) in [5.74, 6) is 0.319. The fourth-order valence-electron chi connectivity index (χ4n) is 2.33. The Morgan fingerprint density at radius 2 is 2.00 bits per heavy atom. The van der Waals surface area contributed by atoms with Crippen molar-refractivity contribution in [2.75, 3.05) is 5.32 Å². The Morgan fingerprint density at radius 1 is 1.25 bits per heavy atom. The first-order chi connectivity index (χ1) is 11.4. The number of nitrogens with one attached hydrogen (secondary N) is 1. The van der Waals surface area contributed by atoms with E-state index in [1.165, 1.54) is 18.2 Å². The number of carbonyl (C=O) groups is 1. The lowest BCUT2D eigenvalue weighted by molar-refractivity contribution is -0.384. The molecule has 24 heavy (non-hydrogen) atoms. The van der Waals surface area contributed by atoms with Crippen LogP contribution in [0, 0.1) is 24.0 Å². The van der Waals surface area contributed by atoms with Gasteiger partial charge in [-0.15, -0.1) is 0 Å². The summed E-state index contributed by atoms with van der Waals surface area (Å²) in [6.07, 6.45) is -0.195. The first kappa shape index (κ1) is 17.5. The van der Waals surface area contributed by atoms with Crippen LogP contribution in [-0.4, -0.2) is 16.9 Å². The molecule has 1 atom stereocenters. The summed E-state index contributed by atoms with van der Waals surface area (Å²) in [6.45, 7) is 5.76. The molecule has 0 radical (unpaired) electrons. The molecule has 1 unspecified atom stereocenters. The quantitative estimate of drug-likeness (QED) is 0.641. The molecule has 126 valence electrons. The maximum Gasteiger partial charge on any atom is 0.271 e. The van der Waals surface area contributed by atoms with Crippen LogP contribution in [0.1, 0.15) is 24.5 Å². The summed E-state index contributed by atoms with van der Waals surface area (Å²) in [4.78, 5) is 22.7. The molecule has 0 fully saturated rings. The molecule has 6 heteroatoms. The number of nitrogens with zero attached hydrogens (tertiary/aromatic N) is 1. The number of hydrogen-bond acceptors (Lipinski definition) is 4. The zero-order valence-electron chi connectivity index (χ0n) is 13.9. The SMILES string of the molecule is CCC(Oc1ccc(C)cc1C)C(=O)Nc1cccc([N+](=O)[O-])c1. The average molecular weight is 328 g/mol. The second-order valence-corrected chi connectivity index (χ2v) is 5.58. The Hall–Kier alpha value is -2.89. The smallest absolute Gasteiger partial charge is 0.271 e. The predicted octanol–water partition coefficient (Wildman–Crippen LogP) is 4.01. The van der Waals surface area contributed by atoms with Crippen LogP contribution in [0.3, 0.4) is 0 Å². The predicted molar refractivity (Wildman–Crippen MR) is 92.3 cm³/mol. The molecule has 6 nitrogen and oxygen atoms in total. The number of amides is 1. The van der Waals surface area contributed by atoms with Crippen molar-refractivity contribution in [2.45, 2.75) is 33.3 Å². The van der Waals surface area contributed by atoms with E-state index in [9.17, 15) is 14.9 Å². The maximum atomic E-state index is 12.4. The summed E-state index contributed by atoms with van der Waals surface area (Å²) < 4.78 is 5.82. The van der Waals surface area contributed by atoms with Gasteiger partial charge in [0.05, 0.1) is 4.92 Å². The lowest BCUT2D eigenvalue weighted by atomic mass is 10.1. The lowest BCUT2D eigenvalue weighted by Gasteiger charge is -2.19. The van der Waals surface area contributed by atoms with Gasteiger partial charge in [0.25, 0.3) is 11.6 Å². The molecular formula is C18H20N2O4. The van der Waals surface area contributed by atoms with Gasteiger partial charge in [-0.05, 0) is 38.0 Å². The summed E-state index contributed by atoms with van der Waals surface area (Å²) in [5.41, 5.74) is 2.37.